The van der Waals surface area contributed by atoms with Crippen LogP contribution in [-0.4, -0.2) is 0 Å². The first-order valence-corrected chi connectivity index (χ1v) is 16.0. The molecule has 0 heterocycles. The molecular weight excluding hydrogens is 675 g/mol. The normalized spacial score (nSPS) is 7.30. The molecule has 0 radical (unpaired) electrons. The van der Waals surface area contributed by atoms with Crippen LogP contribution in [0.15, 0.2) is 25.3 Å². The maximum Gasteiger partial charge on any atom is 2.00 e. The zero-order valence-corrected chi connectivity index (χ0v) is 41.6. The molecule has 0 aliphatic rings. The molecule has 0 rings (SSSR count). The third-order valence-corrected chi connectivity index (χ3v) is 2.70. The summed E-state index contributed by atoms with van der Waals surface area (Å²) in [6, 6.07) is 0. The predicted octanol–water partition coefficient (Wildman–Crippen LogP) is 17.0. The number of hydrogen-bond donors (Lipinski definition) is 0. The first-order valence-electron chi connectivity index (χ1n) is 16.0. The van der Waals surface area contributed by atoms with Gasteiger partial charge in [-0.15, -0.1) is 13.2 Å². The molecule has 272 valence electrons. The van der Waals surface area contributed by atoms with Gasteiger partial charge in [0.05, 0.1) is 0 Å². The van der Waals surface area contributed by atoms with E-state index in [2.05, 4.69) is 131 Å². The van der Waals surface area contributed by atoms with Gasteiger partial charge in [-0.1, -0.05) is 164 Å². The number of hydrogen-bond acceptors (Lipinski definition) is 0. The van der Waals surface area contributed by atoms with Crippen molar-refractivity contribution in [3.05, 3.63) is 55.0 Å². The van der Waals surface area contributed by atoms with Gasteiger partial charge >= 0.3 is 52.4 Å². The van der Waals surface area contributed by atoms with Crippen molar-refractivity contribution in [3.63, 3.8) is 0 Å². The van der Waals surface area contributed by atoms with E-state index in [0.29, 0.717) is 0 Å². The largest absolute Gasteiger partial charge is 2.00 e. The Morgan fingerprint density at radius 3 is 0.465 bits per heavy atom. The van der Waals surface area contributed by atoms with Crippen molar-refractivity contribution < 1.29 is 52.4 Å². The topological polar surface area (TPSA) is 0 Å². The summed E-state index contributed by atoms with van der Waals surface area (Å²) in [5.41, 5.74) is 0. The Bertz CT molecular complexity index is 245. The van der Waals surface area contributed by atoms with E-state index in [1.54, 1.807) is 12.2 Å². The maximum absolute atomic E-state index is 3.36. The van der Waals surface area contributed by atoms with Gasteiger partial charge in [0.25, 0.3) is 0 Å². The van der Waals surface area contributed by atoms with Crippen LogP contribution in [0, 0.1) is 71.1 Å². The van der Waals surface area contributed by atoms with Crippen molar-refractivity contribution in [2.24, 2.45) is 41.4 Å². The Hall–Kier alpha value is 1.25. The number of allylic oxidation sites excluding steroid dienone is 2. The molecule has 0 N–H and O–H groups in total. The molecule has 0 aliphatic carbocycles. The van der Waals surface area contributed by atoms with Crippen LogP contribution < -0.4 is 0 Å². The summed E-state index contributed by atoms with van der Waals surface area (Å²) in [5, 5.41) is 0. The van der Waals surface area contributed by atoms with Gasteiger partial charge in [0, 0.05) is 0 Å². The van der Waals surface area contributed by atoms with Crippen molar-refractivity contribution in [2.45, 2.75) is 179 Å². The molecule has 0 aromatic carbocycles. The van der Waals surface area contributed by atoms with Gasteiger partial charge < -0.3 is 29.7 Å². The van der Waals surface area contributed by atoms with Crippen molar-refractivity contribution in [3.8, 4) is 0 Å². The van der Waals surface area contributed by atoms with E-state index in [0.717, 1.165) is 41.4 Å². The second kappa shape index (κ2) is 104. The molecular formula is C41H100Zr2. The van der Waals surface area contributed by atoms with Gasteiger partial charge in [-0.2, -0.15) is 0 Å². The van der Waals surface area contributed by atoms with E-state index >= 15 is 0 Å². The maximum atomic E-state index is 3.36. The van der Waals surface area contributed by atoms with E-state index in [-0.39, 0.29) is 82.1 Å². The molecule has 0 amide bonds. The van der Waals surface area contributed by atoms with E-state index in [1.807, 2.05) is 41.5 Å². The van der Waals surface area contributed by atoms with Crippen molar-refractivity contribution >= 4 is 0 Å². The molecule has 0 aromatic heterocycles. The summed E-state index contributed by atoms with van der Waals surface area (Å²) in [4.78, 5) is 0. The van der Waals surface area contributed by atoms with Crippen LogP contribution in [0.1, 0.15) is 179 Å². The Labute approximate surface area is 325 Å². The van der Waals surface area contributed by atoms with Gasteiger partial charge in [0.15, 0.2) is 0 Å². The number of rotatable bonds is 5. The zero-order valence-electron chi connectivity index (χ0n) is 36.7. The fourth-order valence-corrected chi connectivity index (χ4v) is 1.89. The Morgan fingerprint density at radius 1 is 0.395 bits per heavy atom. The molecule has 0 unspecified atom stereocenters. The molecule has 0 saturated carbocycles. The molecule has 0 spiro atoms. The SMILES string of the molecule is C=CC.C=CC.CC.CC.CC(C)C.CC(C)C.CC(C)CC(C)C.CC(C)CC(C)C.CCC(C)C.[CH3-].[CH3-].[CH3-].[CH3-].[Zr+2].[Zr+2]. The third kappa shape index (κ3) is 582. The van der Waals surface area contributed by atoms with Crippen LogP contribution in [0.3, 0.4) is 0 Å². The first-order chi connectivity index (χ1) is 16.8. The second-order valence-electron chi connectivity index (χ2n) is 12.1. The summed E-state index contributed by atoms with van der Waals surface area (Å²) >= 11 is 0. The molecule has 0 atom stereocenters. The Balaban J connectivity index is -0.0000000160. The van der Waals surface area contributed by atoms with E-state index < -0.39 is 0 Å². The summed E-state index contributed by atoms with van der Waals surface area (Å²) in [6.45, 7) is 56.3. The third-order valence-electron chi connectivity index (χ3n) is 2.70. The molecule has 0 bridgehead atoms. The van der Waals surface area contributed by atoms with E-state index in [4.69, 9.17) is 0 Å². The standard InChI is InChI=1S/2C7H16.C5H12.2C4H10.2C3H6.2C2H6.4CH3.2Zr/c2*1-6(2)5-7(3)4;1-4-5(2)3;2*1-4(2)3;2*1-3-2;2*1-2;;;;;;/h2*6-7H,5H2,1-4H3;5H,4H2,1-3H3;2*4H,1-3H3;2*3H,1H2,2H3;2*1-2H3;4*1H3;;/q;;;;;;;;;4*-1;2*+2. The van der Waals surface area contributed by atoms with Crippen LogP contribution in [0.2, 0.25) is 0 Å². The van der Waals surface area contributed by atoms with Gasteiger partial charge in [-0.3, -0.25) is 0 Å². The predicted molar refractivity (Wildman–Crippen MR) is 215 cm³/mol. The quantitative estimate of drug-likeness (QED) is 0.193. The first kappa shape index (κ1) is 96.7. The molecule has 0 nitrogen and oxygen atoms in total. The van der Waals surface area contributed by atoms with Crippen molar-refractivity contribution in [1.29, 1.82) is 0 Å². The average Bonchev–Trinajstić information content (AvgIpc) is 2.70. The van der Waals surface area contributed by atoms with Crippen LogP contribution >= 0.6 is 0 Å². The summed E-state index contributed by atoms with van der Waals surface area (Å²) in [6.07, 6.45) is 7.53. The molecule has 0 aromatic rings. The summed E-state index contributed by atoms with van der Waals surface area (Å²) in [5.74, 6) is 6.05. The van der Waals surface area contributed by atoms with E-state index in [1.165, 1.54) is 19.3 Å². The fourth-order valence-electron chi connectivity index (χ4n) is 1.89. The van der Waals surface area contributed by atoms with E-state index in [9.17, 15) is 0 Å². The molecule has 2 heteroatoms. The van der Waals surface area contributed by atoms with Crippen LogP contribution in [0.5, 0.6) is 0 Å². The molecule has 0 saturated heterocycles. The zero-order chi connectivity index (χ0) is 32.6. The van der Waals surface area contributed by atoms with Crippen molar-refractivity contribution in [1.82, 2.24) is 0 Å². The fraction of sp³-hybridized carbons (Fsp3) is 0.805. The summed E-state index contributed by atoms with van der Waals surface area (Å²) < 4.78 is 0. The van der Waals surface area contributed by atoms with Crippen molar-refractivity contribution in [2.75, 3.05) is 0 Å². The van der Waals surface area contributed by atoms with Crippen LogP contribution in [0.4, 0.5) is 0 Å². The van der Waals surface area contributed by atoms with Crippen LogP contribution in [-0.2, 0) is 52.4 Å². The minimum atomic E-state index is 0. The Morgan fingerprint density at radius 2 is 0.465 bits per heavy atom. The Kier molecular flexibility index (Phi) is 234. The molecule has 43 heavy (non-hydrogen) atoms. The van der Waals surface area contributed by atoms with Gasteiger partial charge in [-0.05, 0) is 68.1 Å². The monoisotopic (exact) mass is 773 g/mol. The van der Waals surface area contributed by atoms with Gasteiger partial charge in [0.1, 0.15) is 0 Å². The molecule has 0 aliphatic heterocycles. The smallest absolute Gasteiger partial charge is 0.358 e. The second-order valence-corrected chi connectivity index (χ2v) is 12.1. The van der Waals surface area contributed by atoms with Gasteiger partial charge in [0.2, 0.25) is 0 Å². The van der Waals surface area contributed by atoms with Gasteiger partial charge in [-0.25, -0.2) is 0 Å². The average molecular weight is 776 g/mol. The van der Waals surface area contributed by atoms with Crippen LogP contribution in [0.25, 0.3) is 0 Å². The molecule has 0 fully saturated rings. The summed E-state index contributed by atoms with van der Waals surface area (Å²) in [7, 11) is 0. The minimum absolute atomic E-state index is 0. The minimum Gasteiger partial charge on any atom is -0.358 e.